The summed E-state index contributed by atoms with van der Waals surface area (Å²) in [4.78, 5) is 4.33. The van der Waals surface area contributed by atoms with E-state index in [0.29, 0.717) is 5.75 Å². The smallest absolute Gasteiger partial charge is 0.124 e. The first kappa shape index (κ1) is 14.3. The van der Waals surface area contributed by atoms with Crippen molar-refractivity contribution in [3.8, 4) is 11.5 Å². The van der Waals surface area contributed by atoms with E-state index in [9.17, 15) is 5.11 Å². The van der Waals surface area contributed by atoms with Crippen LogP contribution in [0.4, 0.5) is 0 Å². The first-order chi connectivity index (χ1) is 9.61. The van der Waals surface area contributed by atoms with Crippen LogP contribution < -0.4 is 10.1 Å². The van der Waals surface area contributed by atoms with Crippen LogP contribution in [0.15, 0.2) is 42.6 Å². The molecule has 2 rings (SSSR count). The average Bonchev–Trinajstić information content (AvgIpc) is 2.47. The van der Waals surface area contributed by atoms with Crippen molar-refractivity contribution in [2.45, 2.75) is 25.9 Å². The van der Waals surface area contributed by atoms with Gasteiger partial charge in [-0.05, 0) is 32.0 Å². The lowest BCUT2D eigenvalue weighted by molar-refractivity contribution is 0.401. The molecule has 4 nitrogen and oxygen atoms in total. The number of hydrogen-bond donors (Lipinski definition) is 2. The van der Waals surface area contributed by atoms with Gasteiger partial charge in [0.15, 0.2) is 0 Å². The minimum atomic E-state index is 0.0120. The minimum absolute atomic E-state index is 0.0120. The number of ether oxygens (including phenoxy) is 1. The predicted octanol–water partition coefficient (Wildman–Crippen LogP) is 3.21. The minimum Gasteiger partial charge on any atom is -0.507 e. The second kappa shape index (κ2) is 6.39. The molecule has 0 aliphatic carbocycles. The zero-order valence-corrected chi connectivity index (χ0v) is 12.0. The van der Waals surface area contributed by atoms with Crippen LogP contribution in [-0.4, -0.2) is 17.2 Å². The standard InChI is InChI=1S/C16H20N2O2/c1-11(14-8-7-13(20-3)10-16(14)19)18-12(2)15-6-4-5-9-17-15/h4-12,18-19H,1-3H3/t11?,12-/m0/s1. The molecule has 1 aromatic heterocycles. The molecule has 4 heteroatoms. The van der Waals surface area contributed by atoms with E-state index in [1.54, 1.807) is 19.4 Å². The van der Waals surface area contributed by atoms with Crippen LogP contribution in [0.25, 0.3) is 0 Å². The molecule has 0 amide bonds. The molecule has 20 heavy (non-hydrogen) atoms. The normalized spacial score (nSPS) is 13.8. The Bertz CT molecular complexity index is 558. The molecule has 1 heterocycles. The third-order valence-corrected chi connectivity index (χ3v) is 3.34. The number of rotatable bonds is 5. The van der Waals surface area contributed by atoms with Gasteiger partial charge in [0.25, 0.3) is 0 Å². The fourth-order valence-electron chi connectivity index (χ4n) is 2.20. The van der Waals surface area contributed by atoms with Crippen LogP contribution in [0.2, 0.25) is 0 Å². The van der Waals surface area contributed by atoms with E-state index in [0.717, 1.165) is 11.3 Å². The van der Waals surface area contributed by atoms with E-state index in [1.165, 1.54) is 0 Å². The highest BCUT2D eigenvalue weighted by molar-refractivity contribution is 5.41. The van der Waals surface area contributed by atoms with Crippen molar-refractivity contribution >= 4 is 0 Å². The summed E-state index contributed by atoms with van der Waals surface area (Å²) in [6, 6.07) is 11.3. The summed E-state index contributed by atoms with van der Waals surface area (Å²) in [5, 5.41) is 13.5. The molecular formula is C16H20N2O2. The van der Waals surface area contributed by atoms with E-state index in [4.69, 9.17) is 4.74 Å². The van der Waals surface area contributed by atoms with E-state index in [2.05, 4.69) is 17.2 Å². The predicted molar refractivity (Wildman–Crippen MR) is 78.9 cm³/mol. The van der Waals surface area contributed by atoms with Gasteiger partial charge in [0.05, 0.1) is 12.8 Å². The fourth-order valence-corrected chi connectivity index (χ4v) is 2.20. The number of nitrogens with one attached hydrogen (secondary N) is 1. The molecule has 0 saturated heterocycles. The van der Waals surface area contributed by atoms with Crippen LogP contribution in [-0.2, 0) is 0 Å². The van der Waals surface area contributed by atoms with Crippen molar-refractivity contribution in [3.05, 3.63) is 53.9 Å². The van der Waals surface area contributed by atoms with Crippen LogP contribution in [0.1, 0.15) is 37.2 Å². The summed E-state index contributed by atoms with van der Waals surface area (Å²) in [6.07, 6.45) is 1.78. The molecule has 0 spiro atoms. The third kappa shape index (κ3) is 3.27. The molecule has 1 aromatic carbocycles. The lowest BCUT2D eigenvalue weighted by Crippen LogP contribution is -2.23. The molecule has 0 saturated carbocycles. The maximum absolute atomic E-state index is 10.0. The Kier molecular flexibility index (Phi) is 4.58. The maximum atomic E-state index is 10.0. The Labute approximate surface area is 119 Å². The number of aromatic hydroxyl groups is 1. The van der Waals surface area contributed by atoms with Crippen LogP contribution >= 0.6 is 0 Å². The number of phenolic OH excluding ortho intramolecular Hbond substituents is 1. The number of aromatic nitrogens is 1. The van der Waals surface area contributed by atoms with Gasteiger partial charge >= 0.3 is 0 Å². The topological polar surface area (TPSA) is 54.4 Å². The van der Waals surface area contributed by atoms with E-state index in [-0.39, 0.29) is 17.8 Å². The van der Waals surface area contributed by atoms with Gasteiger partial charge < -0.3 is 15.2 Å². The highest BCUT2D eigenvalue weighted by Crippen LogP contribution is 2.29. The highest BCUT2D eigenvalue weighted by Gasteiger charge is 2.15. The molecule has 0 aliphatic rings. The van der Waals surface area contributed by atoms with Gasteiger partial charge in [-0.15, -0.1) is 0 Å². The number of hydrogen-bond acceptors (Lipinski definition) is 4. The van der Waals surface area contributed by atoms with Gasteiger partial charge in [-0.25, -0.2) is 0 Å². The summed E-state index contributed by atoms with van der Waals surface area (Å²) >= 11 is 0. The van der Waals surface area contributed by atoms with Gasteiger partial charge in [0.2, 0.25) is 0 Å². The fraction of sp³-hybridized carbons (Fsp3) is 0.312. The first-order valence-corrected chi connectivity index (χ1v) is 6.65. The van der Waals surface area contributed by atoms with Crippen molar-refractivity contribution in [2.75, 3.05) is 7.11 Å². The molecule has 0 bridgehead atoms. The van der Waals surface area contributed by atoms with E-state index >= 15 is 0 Å². The summed E-state index contributed by atoms with van der Waals surface area (Å²) in [5.41, 5.74) is 1.82. The molecule has 2 aromatic rings. The molecule has 0 aliphatic heterocycles. The Morgan fingerprint density at radius 2 is 1.95 bits per heavy atom. The summed E-state index contributed by atoms with van der Waals surface area (Å²) in [6.45, 7) is 4.07. The average molecular weight is 272 g/mol. The highest BCUT2D eigenvalue weighted by atomic mass is 16.5. The largest absolute Gasteiger partial charge is 0.507 e. The zero-order chi connectivity index (χ0) is 14.5. The summed E-state index contributed by atoms with van der Waals surface area (Å²) in [7, 11) is 1.58. The number of methoxy groups -OCH3 is 1. The Balaban J connectivity index is 2.10. The van der Waals surface area contributed by atoms with Crippen molar-refractivity contribution in [1.29, 1.82) is 0 Å². The van der Waals surface area contributed by atoms with Gasteiger partial charge in [-0.2, -0.15) is 0 Å². The van der Waals surface area contributed by atoms with E-state index in [1.807, 2.05) is 37.3 Å². The third-order valence-electron chi connectivity index (χ3n) is 3.34. The SMILES string of the molecule is COc1ccc(C(C)N[C@@H](C)c2ccccn2)c(O)c1. The second-order valence-corrected chi connectivity index (χ2v) is 4.79. The van der Waals surface area contributed by atoms with E-state index < -0.39 is 0 Å². The molecule has 2 atom stereocenters. The lowest BCUT2D eigenvalue weighted by atomic mass is 10.1. The van der Waals surface area contributed by atoms with Gasteiger partial charge in [-0.1, -0.05) is 12.1 Å². The second-order valence-electron chi connectivity index (χ2n) is 4.79. The van der Waals surface area contributed by atoms with Crippen molar-refractivity contribution in [1.82, 2.24) is 10.3 Å². The van der Waals surface area contributed by atoms with Crippen LogP contribution in [0.3, 0.4) is 0 Å². The molecule has 1 unspecified atom stereocenters. The van der Waals surface area contributed by atoms with Crippen molar-refractivity contribution in [3.63, 3.8) is 0 Å². The zero-order valence-electron chi connectivity index (χ0n) is 12.0. The molecule has 0 radical (unpaired) electrons. The van der Waals surface area contributed by atoms with Crippen molar-refractivity contribution in [2.24, 2.45) is 0 Å². The maximum Gasteiger partial charge on any atom is 0.124 e. The van der Waals surface area contributed by atoms with Crippen molar-refractivity contribution < 1.29 is 9.84 Å². The molecular weight excluding hydrogens is 252 g/mol. The number of phenols is 1. The van der Waals surface area contributed by atoms with Gasteiger partial charge in [0.1, 0.15) is 11.5 Å². The lowest BCUT2D eigenvalue weighted by Gasteiger charge is -2.21. The first-order valence-electron chi connectivity index (χ1n) is 6.65. The number of pyridine rings is 1. The van der Waals surface area contributed by atoms with Crippen LogP contribution in [0, 0.1) is 0 Å². The Morgan fingerprint density at radius 1 is 1.15 bits per heavy atom. The quantitative estimate of drug-likeness (QED) is 0.877. The van der Waals surface area contributed by atoms with Crippen LogP contribution in [0.5, 0.6) is 11.5 Å². The van der Waals surface area contributed by atoms with Gasteiger partial charge in [-0.3, -0.25) is 4.98 Å². The Morgan fingerprint density at radius 3 is 2.55 bits per heavy atom. The molecule has 2 N–H and O–H groups in total. The number of benzene rings is 1. The molecule has 0 fully saturated rings. The number of nitrogens with zero attached hydrogens (tertiary/aromatic N) is 1. The Hall–Kier alpha value is -2.07. The monoisotopic (exact) mass is 272 g/mol. The summed E-state index contributed by atoms with van der Waals surface area (Å²) in [5.74, 6) is 0.883. The van der Waals surface area contributed by atoms with Gasteiger partial charge in [0, 0.05) is 29.9 Å². The molecule has 106 valence electrons. The summed E-state index contributed by atoms with van der Waals surface area (Å²) < 4.78 is 5.09.